The van der Waals surface area contributed by atoms with E-state index in [1.54, 1.807) is 24.3 Å². The largest absolute Gasteiger partial charge is 0.399 e. The summed E-state index contributed by atoms with van der Waals surface area (Å²) in [6.45, 7) is 5.01. The van der Waals surface area contributed by atoms with Gasteiger partial charge in [0.15, 0.2) is 0 Å². The van der Waals surface area contributed by atoms with E-state index < -0.39 is 0 Å². The summed E-state index contributed by atoms with van der Waals surface area (Å²) < 4.78 is 5.47. The SMILES string of the molecule is C/C(=N/NC(=O)c1ccc(N)cc1)[C@@H](c1ccccc1)N1CCOCC1. The van der Waals surface area contributed by atoms with Crippen LogP contribution in [0.25, 0.3) is 0 Å². The van der Waals surface area contributed by atoms with Crippen molar-refractivity contribution < 1.29 is 9.53 Å². The Balaban J connectivity index is 1.77. The molecule has 0 bridgehead atoms. The zero-order valence-corrected chi connectivity index (χ0v) is 14.9. The number of amides is 1. The van der Waals surface area contributed by atoms with Crippen LogP contribution in [0.2, 0.25) is 0 Å². The third-order valence-corrected chi connectivity index (χ3v) is 4.43. The second-order valence-corrected chi connectivity index (χ2v) is 6.28. The number of carbonyl (C=O) groups is 1. The van der Waals surface area contributed by atoms with Crippen molar-refractivity contribution >= 4 is 17.3 Å². The molecule has 0 spiro atoms. The molecule has 0 unspecified atom stereocenters. The number of anilines is 1. The van der Waals surface area contributed by atoms with Gasteiger partial charge in [0, 0.05) is 24.3 Å². The number of carbonyl (C=O) groups excluding carboxylic acids is 1. The molecule has 1 saturated heterocycles. The highest BCUT2D eigenvalue weighted by Crippen LogP contribution is 2.23. The van der Waals surface area contributed by atoms with Gasteiger partial charge in [-0.2, -0.15) is 5.10 Å². The van der Waals surface area contributed by atoms with Crippen LogP contribution in [0.3, 0.4) is 0 Å². The minimum absolute atomic E-state index is 0.00631. The molecule has 6 heteroatoms. The molecule has 1 aliphatic rings. The van der Waals surface area contributed by atoms with Gasteiger partial charge in [-0.1, -0.05) is 30.3 Å². The average molecular weight is 352 g/mol. The van der Waals surface area contributed by atoms with E-state index in [4.69, 9.17) is 10.5 Å². The molecule has 6 nitrogen and oxygen atoms in total. The van der Waals surface area contributed by atoms with Crippen LogP contribution in [0.1, 0.15) is 28.9 Å². The summed E-state index contributed by atoms with van der Waals surface area (Å²) in [5, 5.41) is 4.38. The number of nitrogens with one attached hydrogen (secondary N) is 1. The van der Waals surface area contributed by atoms with E-state index in [-0.39, 0.29) is 11.9 Å². The zero-order valence-electron chi connectivity index (χ0n) is 14.9. The number of hydrogen-bond donors (Lipinski definition) is 2. The van der Waals surface area contributed by atoms with E-state index in [2.05, 4.69) is 27.6 Å². The quantitative estimate of drug-likeness (QED) is 0.492. The van der Waals surface area contributed by atoms with Gasteiger partial charge in [-0.25, -0.2) is 5.43 Å². The van der Waals surface area contributed by atoms with Gasteiger partial charge in [0.05, 0.1) is 25.0 Å². The Labute approximate surface area is 153 Å². The summed E-state index contributed by atoms with van der Waals surface area (Å²) in [4.78, 5) is 14.6. The van der Waals surface area contributed by atoms with Gasteiger partial charge in [0.1, 0.15) is 0 Å². The first kappa shape index (κ1) is 18.1. The predicted molar refractivity (Wildman–Crippen MR) is 103 cm³/mol. The molecule has 3 N–H and O–H groups in total. The van der Waals surface area contributed by atoms with E-state index in [9.17, 15) is 4.79 Å². The average Bonchev–Trinajstić information content (AvgIpc) is 2.68. The number of nitrogens with zero attached hydrogens (tertiary/aromatic N) is 2. The number of ether oxygens (including phenoxy) is 1. The number of hydrazone groups is 1. The standard InChI is InChI=1S/C20H24N4O2/c1-15(22-23-20(25)17-7-9-18(21)10-8-17)19(16-5-3-2-4-6-16)24-11-13-26-14-12-24/h2-10,19H,11-14,21H2,1H3,(H,23,25)/b22-15-/t19-/m0/s1. The van der Waals surface area contributed by atoms with Gasteiger partial charge in [-0.3, -0.25) is 9.69 Å². The van der Waals surface area contributed by atoms with Crippen LogP contribution in [0, 0.1) is 0 Å². The summed E-state index contributed by atoms with van der Waals surface area (Å²) in [6, 6.07) is 17.0. The first-order valence-corrected chi connectivity index (χ1v) is 8.72. The fourth-order valence-electron chi connectivity index (χ4n) is 3.09. The van der Waals surface area contributed by atoms with Gasteiger partial charge < -0.3 is 10.5 Å². The Bertz CT molecular complexity index is 753. The van der Waals surface area contributed by atoms with Crippen LogP contribution in [0.5, 0.6) is 0 Å². The smallest absolute Gasteiger partial charge is 0.271 e. The van der Waals surface area contributed by atoms with Crippen LogP contribution >= 0.6 is 0 Å². The number of rotatable bonds is 5. The third-order valence-electron chi connectivity index (χ3n) is 4.43. The van der Waals surface area contributed by atoms with Crippen LogP contribution in [-0.4, -0.2) is 42.8 Å². The van der Waals surface area contributed by atoms with Gasteiger partial charge >= 0.3 is 0 Å². The maximum atomic E-state index is 12.3. The predicted octanol–water partition coefficient (Wildman–Crippen LogP) is 2.45. The molecule has 0 aromatic heterocycles. The van der Waals surface area contributed by atoms with Crippen molar-refractivity contribution in [2.45, 2.75) is 13.0 Å². The molecule has 136 valence electrons. The number of benzene rings is 2. The van der Waals surface area contributed by atoms with E-state index in [1.165, 1.54) is 0 Å². The van der Waals surface area contributed by atoms with Gasteiger partial charge in [0.25, 0.3) is 5.91 Å². The van der Waals surface area contributed by atoms with Crippen LogP contribution in [0.15, 0.2) is 59.7 Å². The monoisotopic (exact) mass is 352 g/mol. The molecule has 2 aromatic carbocycles. The Morgan fingerprint density at radius 3 is 2.42 bits per heavy atom. The number of hydrogen-bond acceptors (Lipinski definition) is 5. The van der Waals surface area contributed by atoms with Crippen molar-refractivity contribution in [2.75, 3.05) is 32.0 Å². The lowest BCUT2D eigenvalue weighted by molar-refractivity contribution is 0.0285. The maximum Gasteiger partial charge on any atom is 0.271 e. The fraction of sp³-hybridized carbons (Fsp3) is 0.300. The molecule has 1 heterocycles. The lowest BCUT2D eigenvalue weighted by Gasteiger charge is -2.34. The molecule has 1 fully saturated rings. The molecule has 0 saturated carbocycles. The first-order chi connectivity index (χ1) is 12.6. The van der Waals surface area contributed by atoms with Crippen molar-refractivity contribution in [1.29, 1.82) is 0 Å². The topological polar surface area (TPSA) is 80.0 Å². The van der Waals surface area contributed by atoms with Crippen LogP contribution < -0.4 is 11.2 Å². The Morgan fingerprint density at radius 2 is 1.77 bits per heavy atom. The molecule has 0 radical (unpaired) electrons. The molecule has 1 aliphatic heterocycles. The van der Waals surface area contributed by atoms with E-state index in [0.29, 0.717) is 24.5 Å². The highest BCUT2D eigenvalue weighted by atomic mass is 16.5. The second kappa shape index (κ2) is 8.60. The second-order valence-electron chi connectivity index (χ2n) is 6.28. The van der Waals surface area contributed by atoms with Crippen LogP contribution in [-0.2, 0) is 4.74 Å². The van der Waals surface area contributed by atoms with Crippen molar-refractivity contribution in [3.63, 3.8) is 0 Å². The molecular weight excluding hydrogens is 328 g/mol. The van der Waals surface area contributed by atoms with Crippen LogP contribution in [0.4, 0.5) is 5.69 Å². The summed E-state index contributed by atoms with van der Waals surface area (Å²) in [5.41, 5.74) is 11.5. The minimum atomic E-state index is -0.252. The third kappa shape index (κ3) is 4.47. The lowest BCUT2D eigenvalue weighted by Crippen LogP contribution is -2.42. The molecule has 2 aromatic rings. The zero-order chi connectivity index (χ0) is 18.4. The molecule has 1 amide bonds. The van der Waals surface area contributed by atoms with E-state index in [1.807, 2.05) is 25.1 Å². The van der Waals surface area contributed by atoms with Crippen molar-refractivity contribution in [2.24, 2.45) is 5.10 Å². The minimum Gasteiger partial charge on any atom is -0.399 e. The molecule has 3 rings (SSSR count). The summed E-state index contributed by atoms with van der Waals surface area (Å²) in [5.74, 6) is -0.252. The number of morpholine rings is 1. The molecule has 1 atom stereocenters. The maximum absolute atomic E-state index is 12.3. The van der Waals surface area contributed by atoms with Crippen molar-refractivity contribution in [1.82, 2.24) is 10.3 Å². The molecule has 26 heavy (non-hydrogen) atoms. The van der Waals surface area contributed by atoms with E-state index >= 15 is 0 Å². The van der Waals surface area contributed by atoms with E-state index in [0.717, 1.165) is 24.4 Å². The molecular formula is C20H24N4O2. The summed E-state index contributed by atoms with van der Waals surface area (Å²) in [6.07, 6.45) is 0. The Kier molecular flexibility index (Phi) is 5.99. The van der Waals surface area contributed by atoms with Gasteiger partial charge in [-0.05, 0) is 36.8 Å². The van der Waals surface area contributed by atoms with Crippen molar-refractivity contribution in [3.05, 3.63) is 65.7 Å². The Morgan fingerprint density at radius 1 is 1.12 bits per heavy atom. The summed E-state index contributed by atoms with van der Waals surface area (Å²) in [7, 11) is 0. The number of nitrogens with two attached hydrogens (primary N) is 1. The van der Waals surface area contributed by atoms with Gasteiger partial charge in [-0.15, -0.1) is 0 Å². The summed E-state index contributed by atoms with van der Waals surface area (Å²) >= 11 is 0. The fourth-order valence-corrected chi connectivity index (χ4v) is 3.09. The highest BCUT2D eigenvalue weighted by molar-refractivity contribution is 5.96. The Hall–Kier alpha value is -2.70. The van der Waals surface area contributed by atoms with Gasteiger partial charge in [0.2, 0.25) is 0 Å². The first-order valence-electron chi connectivity index (χ1n) is 8.72. The van der Waals surface area contributed by atoms with Crippen molar-refractivity contribution in [3.8, 4) is 0 Å². The highest BCUT2D eigenvalue weighted by Gasteiger charge is 2.25. The lowest BCUT2D eigenvalue weighted by atomic mass is 10.0. The normalized spacial score (nSPS) is 16.9. The molecule has 0 aliphatic carbocycles. The number of nitrogen functional groups attached to an aromatic ring is 1.